The van der Waals surface area contributed by atoms with Crippen molar-refractivity contribution < 1.29 is 14.2 Å². The standard InChI is InChI=1S/C21H21NO3/c1-14-10-17(25-13-16-8-6-5-7-9-16)11-18-20(24-4)12-19(15(2)23-3)22-21(14)18/h5-12H,2,13H2,1,3-4H3. The van der Waals surface area contributed by atoms with Crippen molar-refractivity contribution in [1.82, 2.24) is 4.98 Å². The van der Waals surface area contributed by atoms with Gasteiger partial charge in [0.1, 0.15) is 29.6 Å². The van der Waals surface area contributed by atoms with Crippen molar-refractivity contribution in [1.29, 1.82) is 0 Å². The largest absolute Gasteiger partial charge is 0.496 e. The van der Waals surface area contributed by atoms with Gasteiger partial charge in [-0.2, -0.15) is 0 Å². The summed E-state index contributed by atoms with van der Waals surface area (Å²) in [7, 11) is 3.22. The first-order valence-electron chi connectivity index (χ1n) is 8.01. The number of hydrogen-bond acceptors (Lipinski definition) is 4. The van der Waals surface area contributed by atoms with Gasteiger partial charge in [0.15, 0.2) is 0 Å². The van der Waals surface area contributed by atoms with Gasteiger partial charge in [0, 0.05) is 11.5 Å². The highest BCUT2D eigenvalue weighted by Crippen LogP contribution is 2.33. The Morgan fingerprint density at radius 3 is 2.52 bits per heavy atom. The van der Waals surface area contributed by atoms with Crippen molar-refractivity contribution in [3.05, 3.63) is 71.9 Å². The van der Waals surface area contributed by atoms with E-state index in [-0.39, 0.29) is 0 Å². The van der Waals surface area contributed by atoms with E-state index in [2.05, 4.69) is 11.6 Å². The SMILES string of the molecule is C=C(OC)c1cc(OC)c2cc(OCc3ccccc3)cc(C)c2n1. The molecule has 25 heavy (non-hydrogen) atoms. The summed E-state index contributed by atoms with van der Waals surface area (Å²) in [5, 5.41) is 0.901. The number of aromatic nitrogens is 1. The maximum absolute atomic E-state index is 5.95. The molecule has 0 fully saturated rings. The molecule has 3 rings (SSSR count). The fourth-order valence-electron chi connectivity index (χ4n) is 2.68. The van der Waals surface area contributed by atoms with Crippen molar-refractivity contribution in [2.24, 2.45) is 0 Å². The Balaban J connectivity index is 1.99. The zero-order valence-electron chi connectivity index (χ0n) is 14.7. The minimum atomic E-state index is 0.504. The zero-order chi connectivity index (χ0) is 17.8. The minimum absolute atomic E-state index is 0.504. The molecule has 128 valence electrons. The first-order valence-corrected chi connectivity index (χ1v) is 8.01. The third-order valence-corrected chi connectivity index (χ3v) is 4.04. The van der Waals surface area contributed by atoms with E-state index in [0.29, 0.717) is 23.8 Å². The second-order valence-electron chi connectivity index (χ2n) is 5.75. The lowest BCUT2D eigenvalue weighted by molar-refractivity contribution is 0.306. The van der Waals surface area contributed by atoms with Gasteiger partial charge in [0.05, 0.1) is 19.7 Å². The van der Waals surface area contributed by atoms with Gasteiger partial charge >= 0.3 is 0 Å². The molecular formula is C21H21NO3. The smallest absolute Gasteiger partial charge is 0.137 e. The fourth-order valence-corrected chi connectivity index (χ4v) is 2.68. The Bertz CT molecular complexity index is 904. The quantitative estimate of drug-likeness (QED) is 0.610. The van der Waals surface area contributed by atoms with Gasteiger partial charge in [0.2, 0.25) is 0 Å². The summed E-state index contributed by atoms with van der Waals surface area (Å²) in [6.45, 7) is 6.39. The molecule has 0 amide bonds. The van der Waals surface area contributed by atoms with Crippen LogP contribution < -0.4 is 9.47 Å². The van der Waals surface area contributed by atoms with Crippen LogP contribution in [0.5, 0.6) is 11.5 Å². The second kappa shape index (κ2) is 7.26. The van der Waals surface area contributed by atoms with E-state index < -0.39 is 0 Å². The molecule has 3 aromatic rings. The Hall–Kier alpha value is -3.01. The topological polar surface area (TPSA) is 40.6 Å². The van der Waals surface area contributed by atoms with Crippen LogP contribution in [-0.2, 0) is 11.3 Å². The summed E-state index contributed by atoms with van der Waals surface area (Å²) in [4.78, 5) is 4.65. The van der Waals surface area contributed by atoms with Crippen LogP contribution in [0.15, 0.2) is 55.1 Å². The number of benzene rings is 2. The average Bonchev–Trinajstić information content (AvgIpc) is 2.66. The summed E-state index contributed by atoms with van der Waals surface area (Å²) >= 11 is 0. The monoisotopic (exact) mass is 335 g/mol. The van der Waals surface area contributed by atoms with Crippen molar-refractivity contribution in [2.45, 2.75) is 13.5 Å². The van der Waals surface area contributed by atoms with E-state index in [9.17, 15) is 0 Å². The molecule has 0 atom stereocenters. The molecule has 0 spiro atoms. The number of ether oxygens (including phenoxy) is 3. The molecule has 2 aromatic carbocycles. The number of pyridine rings is 1. The van der Waals surface area contributed by atoms with Crippen LogP contribution in [0.2, 0.25) is 0 Å². The molecule has 0 unspecified atom stereocenters. The van der Waals surface area contributed by atoms with Crippen LogP contribution in [-0.4, -0.2) is 19.2 Å². The Morgan fingerprint density at radius 2 is 1.84 bits per heavy atom. The van der Waals surface area contributed by atoms with Gasteiger partial charge in [-0.25, -0.2) is 4.98 Å². The van der Waals surface area contributed by atoms with E-state index in [1.165, 1.54) is 0 Å². The molecule has 0 saturated heterocycles. The van der Waals surface area contributed by atoms with E-state index in [1.807, 2.05) is 55.5 Å². The Labute approximate surface area is 147 Å². The Morgan fingerprint density at radius 1 is 1.08 bits per heavy atom. The van der Waals surface area contributed by atoms with Gasteiger partial charge in [0.25, 0.3) is 0 Å². The highest BCUT2D eigenvalue weighted by atomic mass is 16.5. The van der Waals surface area contributed by atoms with Crippen molar-refractivity contribution >= 4 is 16.7 Å². The summed E-state index contributed by atoms with van der Waals surface area (Å²) in [6.07, 6.45) is 0. The van der Waals surface area contributed by atoms with Crippen LogP contribution in [0.3, 0.4) is 0 Å². The maximum Gasteiger partial charge on any atom is 0.137 e. The summed E-state index contributed by atoms with van der Waals surface area (Å²) in [6, 6.07) is 15.8. The molecular weight excluding hydrogens is 314 g/mol. The van der Waals surface area contributed by atoms with Crippen LogP contribution in [0, 0.1) is 6.92 Å². The maximum atomic E-state index is 5.95. The molecule has 4 heteroatoms. The lowest BCUT2D eigenvalue weighted by Crippen LogP contribution is -1.99. The first kappa shape index (κ1) is 16.8. The number of aryl methyl sites for hydroxylation is 1. The van der Waals surface area contributed by atoms with Crippen LogP contribution >= 0.6 is 0 Å². The summed E-state index contributed by atoms with van der Waals surface area (Å²) < 4.78 is 16.7. The van der Waals surface area contributed by atoms with E-state index >= 15 is 0 Å². The molecule has 0 radical (unpaired) electrons. The molecule has 0 aliphatic heterocycles. The molecule has 0 aliphatic rings. The second-order valence-corrected chi connectivity index (χ2v) is 5.75. The van der Waals surface area contributed by atoms with Gasteiger partial charge in [-0.15, -0.1) is 0 Å². The van der Waals surface area contributed by atoms with Crippen LogP contribution in [0.4, 0.5) is 0 Å². The minimum Gasteiger partial charge on any atom is -0.496 e. The molecule has 0 saturated carbocycles. The lowest BCUT2D eigenvalue weighted by atomic mass is 10.1. The highest BCUT2D eigenvalue weighted by molar-refractivity contribution is 5.90. The number of fused-ring (bicyclic) bond motifs is 1. The summed E-state index contributed by atoms with van der Waals surface area (Å²) in [5.74, 6) is 2.00. The third-order valence-electron chi connectivity index (χ3n) is 4.04. The van der Waals surface area contributed by atoms with E-state index in [1.54, 1.807) is 14.2 Å². The zero-order valence-corrected chi connectivity index (χ0v) is 14.7. The Kier molecular flexibility index (Phi) is 4.89. The van der Waals surface area contributed by atoms with Gasteiger partial charge in [-0.1, -0.05) is 36.9 Å². The average molecular weight is 335 g/mol. The third kappa shape index (κ3) is 3.58. The van der Waals surface area contributed by atoms with Crippen molar-refractivity contribution in [3.8, 4) is 11.5 Å². The van der Waals surface area contributed by atoms with Gasteiger partial charge < -0.3 is 14.2 Å². The fraction of sp³-hybridized carbons (Fsp3) is 0.190. The number of nitrogens with zero attached hydrogens (tertiary/aromatic N) is 1. The predicted molar refractivity (Wildman–Crippen MR) is 99.8 cm³/mol. The molecule has 0 N–H and O–H groups in total. The number of methoxy groups -OCH3 is 2. The van der Waals surface area contributed by atoms with E-state index in [4.69, 9.17) is 14.2 Å². The number of hydrogen-bond donors (Lipinski definition) is 0. The highest BCUT2D eigenvalue weighted by Gasteiger charge is 2.13. The normalized spacial score (nSPS) is 10.5. The van der Waals surface area contributed by atoms with Crippen molar-refractivity contribution in [3.63, 3.8) is 0 Å². The molecule has 4 nitrogen and oxygen atoms in total. The summed E-state index contributed by atoms with van der Waals surface area (Å²) in [5.41, 5.74) is 3.63. The molecule has 0 aliphatic carbocycles. The molecule has 1 heterocycles. The van der Waals surface area contributed by atoms with Crippen LogP contribution in [0.25, 0.3) is 16.7 Å². The predicted octanol–water partition coefficient (Wildman–Crippen LogP) is 4.75. The number of rotatable bonds is 6. The molecule has 0 bridgehead atoms. The van der Waals surface area contributed by atoms with Crippen molar-refractivity contribution in [2.75, 3.05) is 14.2 Å². The van der Waals surface area contributed by atoms with Gasteiger partial charge in [-0.05, 0) is 30.2 Å². The van der Waals surface area contributed by atoms with Gasteiger partial charge in [-0.3, -0.25) is 0 Å². The first-order chi connectivity index (χ1) is 12.1. The van der Waals surface area contributed by atoms with E-state index in [0.717, 1.165) is 27.8 Å². The lowest BCUT2D eigenvalue weighted by Gasteiger charge is -2.14. The van der Waals surface area contributed by atoms with Crippen LogP contribution in [0.1, 0.15) is 16.8 Å². The molecule has 1 aromatic heterocycles.